The summed E-state index contributed by atoms with van der Waals surface area (Å²) in [5.41, 5.74) is 2.25. The van der Waals surface area contributed by atoms with Crippen LogP contribution in [0, 0.1) is 6.92 Å². The number of rotatable bonds is 2. The van der Waals surface area contributed by atoms with Crippen LogP contribution in [0.2, 0.25) is 10.0 Å². The predicted molar refractivity (Wildman–Crippen MR) is 100 cm³/mol. The van der Waals surface area contributed by atoms with Gasteiger partial charge >= 0.3 is 0 Å². The van der Waals surface area contributed by atoms with Crippen molar-refractivity contribution in [3.05, 3.63) is 63.6 Å². The zero-order valence-corrected chi connectivity index (χ0v) is 15.5. The van der Waals surface area contributed by atoms with Crippen molar-refractivity contribution in [1.29, 1.82) is 0 Å². The van der Waals surface area contributed by atoms with E-state index in [-0.39, 0.29) is 11.8 Å². The first-order valence-electron chi connectivity index (χ1n) is 8.02. The molecule has 1 aliphatic heterocycles. The average molecular weight is 377 g/mol. The third-order valence-corrected chi connectivity index (χ3v) is 4.91. The van der Waals surface area contributed by atoms with Crippen LogP contribution in [0.4, 0.5) is 5.69 Å². The fraction of sp³-hybridized carbons (Fsp3) is 0.263. The van der Waals surface area contributed by atoms with Crippen molar-refractivity contribution in [1.82, 2.24) is 4.90 Å². The van der Waals surface area contributed by atoms with Crippen LogP contribution in [0.25, 0.3) is 0 Å². The second-order valence-electron chi connectivity index (χ2n) is 6.11. The molecule has 0 spiro atoms. The molecule has 1 heterocycles. The van der Waals surface area contributed by atoms with Crippen molar-refractivity contribution in [2.75, 3.05) is 18.0 Å². The van der Waals surface area contributed by atoms with E-state index in [4.69, 9.17) is 23.2 Å². The van der Waals surface area contributed by atoms with Crippen LogP contribution < -0.4 is 4.90 Å². The van der Waals surface area contributed by atoms with Crippen LogP contribution >= 0.6 is 23.2 Å². The first kappa shape index (κ1) is 17.8. The summed E-state index contributed by atoms with van der Waals surface area (Å²) in [6, 6.07) is 11.7. The van der Waals surface area contributed by atoms with Gasteiger partial charge in [-0.1, -0.05) is 29.3 Å². The number of anilines is 1. The van der Waals surface area contributed by atoms with E-state index in [0.29, 0.717) is 28.7 Å². The fourth-order valence-electron chi connectivity index (χ4n) is 3.10. The molecule has 0 radical (unpaired) electrons. The maximum atomic E-state index is 12.8. The van der Waals surface area contributed by atoms with Crippen LogP contribution in [0.1, 0.15) is 22.8 Å². The molecule has 25 heavy (non-hydrogen) atoms. The number of piperazine rings is 1. The standard InChI is InChI=1S/C19H18Cl2N2O2/c1-12-10-16(21)6-7-17(12)23-9-8-22(13(2)18(23)24)19(25)14-4-3-5-15(20)11-14/h3-7,10-11,13H,8-9H2,1-2H3. The number of hydrogen-bond donors (Lipinski definition) is 0. The zero-order chi connectivity index (χ0) is 18.1. The van der Waals surface area contributed by atoms with Crippen molar-refractivity contribution in [3.8, 4) is 0 Å². The molecular weight excluding hydrogens is 359 g/mol. The molecule has 2 amide bonds. The molecule has 0 aliphatic carbocycles. The monoisotopic (exact) mass is 376 g/mol. The van der Waals surface area contributed by atoms with Crippen LogP contribution in [0.5, 0.6) is 0 Å². The van der Waals surface area contributed by atoms with E-state index in [1.54, 1.807) is 47.1 Å². The highest BCUT2D eigenvalue weighted by molar-refractivity contribution is 6.31. The molecule has 6 heteroatoms. The van der Waals surface area contributed by atoms with E-state index in [0.717, 1.165) is 11.3 Å². The number of benzene rings is 2. The minimum absolute atomic E-state index is 0.105. The minimum Gasteiger partial charge on any atom is -0.325 e. The van der Waals surface area contributed by atoms with Gasteiger partial charge in [0.25, 0.3) is 5.91 Å². The lowest BCUT2D eigenvalue weighted by Gasteiger charge is -2.39. The molecule has 0 aromatic heterocycles. The molecule has 2 aromatic carbocycles. The summed E-state index contributed by atoms with van der Waals surface area (Å²) in [6.07, 6.45) is 0. The highest BCUT2D eigenvalue weighted by atomic mass is 35.5. The van der Waals surface area contributed by atoms with Crippen LogP contribution in [-0.4, -0.2) is 35.8 Å². The smallest absolute Gasteiger partial charge is 0.254 e. The lowest BCUT2D eigenvalue weighted by atomic mass is 10.1. The summed E-state index contributed by atoms with van der Waals surface area (Å²) in [5, 5.41) is 1.14. The number of halogens is 2. The van der Waals surface area contributed by atoms with Crippen molar-refractivity contribution in [2.45, 2.75) is 19.9 Å². The Labute approximate surface area is 156 Å². The quantitative estimate of drug-likeness (QED) is 0.788. The number of aryl methyl sites for hydroxylation is 1. The molecule has 1 saturated heterocycles. The number of carbonyl (C=O) groups is 2. The van der Waals surface area contributed by atoms with Gasteiger partial charge in [-0.2, -0.15) is 0 Å². The molecule has 1 fully saturated rings. The lowest BCUT2D eigenvalue weighted by molar-refractivity contribution is -0.124. The third kappa shape index (κ3) is 3.51. The molecule has 0 bridgehead atoms. The van der Waals surface area contributed by atoms with Gasteiger partial charge in [0.2, 0.25) is 5.91 Å². The van der Waals surface area contributed by atoms with E-state index in [1.807, 2.05) is 19.1 Å². The highest BCUT2D eigenvalue weighted by Gasteiger charge is 2.35. The minimum atomic E-state index is -0.546. The van der Waals surface area contributed by atoms with Crippen LogP contribution in [-0.2, 0) is 4.79 Å². The molecule has 0 N–H and O–H groups in total. The van der Waals surface area contributed by atoms with E-state index in [2.05, 4.69) is 0 Å². The van der Waals surface area contributed by atoms with Crippen molar-refractivity contribution < 1.29 is 9.59 Å². The van der Waals surface area contributed by atoms with Gasteiger partial charge in [-0.15, -0.1) is 0 Å². The SMILES string of the molecule is Cc1cc(Cl)ccc1N1CCN(C(=O)c2cccc(Cl)c2)C(C)C1=O. The van der Waals surface area contributed by atoms with Gasteiger partial charge in [0.1, 0.15) is 6.04 Å². The third-order valence-electron chi connectivity index (χ3n) is 4.44. The van der Waals surface area contributed by atoms with Crippen LogP contribution in [0.15, 0.2) is 42.5 Å². The Morgan fingerprint density at radius 3 is 2.48 bits per heavy atom. The molecular formula is C19H18Cl2N2O2. The lowest BCUT2D eigenvalue weighted by Crippen LogP contribution is -2.57. The molecule has 1 aliphatic rings. The van der Waals surface area contributed by atoms with Gasteiger partial charge < -0.3 is 9.80 Å². The zero-order valence-electron chi connectivity index (χ0n) is 14.0. The van der Waals surface area contributed by atoms with Crippen LogP contribution in [0.3, 0.4) is 0 Å². The average Bonchev–Trinajstić information content (AvgIpc) is 2.57. The first-order valence-corrected chi connectivity index (χ1v) is 8.78. The topological polar surface area (TPSA) is 40.6 Å². The fourth-order valence-corrected chi connectivity index (χ4v) is 3.51. The molecule has 4 nitrogen and oxygen atoms in total. The normalized spacial score (nSPS) is 17.8. The molecule has 1 unspecified atom stereocenters. The Morgan fingerprint density at radius 2 is 1.80 bits per heavy atom. The predicted octanol–water partition coefficient (Wildman–Crippen LogP) is 4.18. The largest absolute Gasteiger partial charge is 0.325 e. The van der Waals surface area contributed by atoms with Crippen molar-refractivity contribution in [3.63, 3.8) is 0 Å². The number of nitrogens with zero attached hydrogens (tertiary/aromatic N) is 2. The Hall–Kier alpha value is -2.04. The second kappa shape index (κ2) is 7.06. The number of hydrogen-bond acceptors (Lipinski definition) is 2. The summed E-state index contributed by atoms with van der Waals surface area (Å²) in [6.45, 7) is 4.57. The Bertz CT molecular complexity index is 838. The molecule has 2 aromatic rings. The number of amides is 2. The van der Waals surface area contributed by atoms with Gasteiger partial charge in [0.05, 0.1) is 0 Å². The Balaban J connectivity index is 1.83. The van der Waals surface area contributed by atoms with E-state index >= 15 is 0 Å². The summed E-state index contributed by atoms with van der Waals surface area (Å²) < 4.78 is 0. The maximum Gasteiger partial charge on any atom is 0.254 e. The van der Waals surface area contributed by atoms with E-state index in [1.165, 1.54) is 0 Å². The molecule has 3 rings (SSSR count). The molecule has 130 valence electrons. The van der Waals surface area contributed by atoms with Crippen molar-refractivity contribution >= 4 is 40.7 Å². The summed E-state index contributed by atoms with van der Waals surface area (Å²) in [5.74, 6) is -0.289. The first-order chi connectivity index (χ1) is 11.9. The van der Waals surface area contributed by atoms with Gasteiger partial charge in [-0.05, 0) is 55.8 Å². The van der Waals surface area contributed by atoms with Gasteiger partial charge in [-0.3, -0.25) is 9.59 Å². The summed E-state index contributed by atoms with van der Waals surface area (Å²) in [4.78, 5) is 28.9. The molecule has 1 atom stereocenters. The summed E-state index contributed by atoms with van der Waals surface area (Å²) >= 11 is 12.0. The van der Waals surface area contributed by atoms with E-state index in [9.17, 15) is 9.59 Å². The van der Waals surface area contributed by atoms with E-state index < -0.39 is 6.04 Å². The maximum absolute atomic E-state index is 12.8. The van der Waals surface area contributed by atoms with Gasteiger partial charge in [0, 0.05) is 34.4 Å². The highest BCUT2D eigenvalue weighted by Crippen LogP contribution is 2.27. The van der Waals surface area contributed by atoms with Gasteiger partial charge in [-0.25, -0.2) is 0 Å². The Kier molecular flexibility index (Phi) is 5.02. The summed E-state index contributed by atoms with van der Waals surface area (Å²) in [7, 11) is 0. The second-order valence-corrected chi connectivity index (χ2v) is 6.98. The van der Waals surface area contributed by atoms with Gasteiger partial charge in [0.15, 0.2) is 0 Å². The van der Waals surface area contributed by atoms with Crippen molar-refractivity contribution in [2.24, 2.45) is 0 Å². The number of carbonyl (C=O) groups excluding carboxylic acids is 2. The molecule has 0 saturated carbocycles. The Morgan fingerprint density at radius 1 is 1.08 bits per heavy atom.